The molecule has 178 valence electrons. The van der Waals surface area contributed by atoms with Gasteiger partial charge in [-0.05, 0) is 18.2 Å². The minimum Gasteiger partial charge on any atom is -0.394 e. The van der Waals surface area contributed by atoms with E-state index < -0.39 is 42.3 Å². The first kappa shape index (κ1) is 24.7. The summed E-state index contributed by atoms with van der Waals surface area (Å²) in [6.07, 6.45) is -0.209. The molecule has 4 rings (SSSR count). The monoisotopic (exact) mass is 526 g/mol. The van der Waals surface area contributed by atoms with Crippen molar-refractivity contribution in [1.29, 1.82) is 5.26 Å². The average Bonchev–Trinajstić information content (AvgIpc) is 3.31. The Morgan fingerprint density at radius 2 is 2.15 bits per heavy atom. The van der Waals surface area contributed by atoms with Gasteiger partial charge in [-0.15, -0.1) is 5.10 Å². The van der Waals surface area contributed by atoms with Crippen LogP contribution in [0.3, 0.4) is 0 Å². The Balaban J connectivity index is 1.68. The van der Waals surface area contributed by atoms with Gasteiger partial charge in [0.2, 0.25) is 5.95 Å². The summed E-state index contributed by atoms with van der Waals surface area (Å²) >= 11 is 12.9. The molecule has 2 N–H and O–H groups in total. The van der Waals surface area contributed by atoms with E-state index in [-0.39, 0.29) is 22.1 Å². The second-order valence-electron chi connectivity index (χ2n) is 7.19. The van der Waals surface area contributed by atoms with Crippen molar-refractivity contribution in [3.05, 3.63) is 52.3 Å². The van der Waals surface area contributed by atoms with Crippen molar-refractivity contribution in [2.45, 2.75) is 34.7 Å². The molecule has 0 radical (unpaired) electrons. The highest BCUT2D eigenvalue weighted by Crippen LogP contribution is 2.40. The summed E-state index contributed by atoms with van der Waals surface area (Å²) in [4.78, 5) is 8.21. The van der Waals surface area contributed by atoms with Crippen molar-refractivity contribution >= 4 is 35.0 Å². The highest BCUT2D eigenvalue weighted by atomic mass is 35.5. The molecule has 4 heterocycles. The highest BCUT2D eigenvalue weighted by molar-refractivity contribution is 7.99. The van der Waals surface area contributed by atoms with Crippen molar-refractivity contribution in [3.63, 3.8) is 0 Å². The van der Waals surface area contributed by atoms with Crippen LogP contribution in [-0.4, -0.2) is 72.6 Å². The number of methoxy groups -OCH3 is 1. The quantitative estimate of drug-likeness (QED) is 0.460. The predicted octanol–water partition coefficient (Wildman–Crippen LogP) is 2.48. The molecule has 0 aromatic carbocycles. The topological polar surface area (TPSA) is 139 Å². The molecule has 0 saturated carbocycles. The van der Waals surface area contributed by atoms with Gasteiger partial charge in [-0.1, -0.05) is 40.2 Å². The lowest BCUT2D eigenvalue weighted by Gasteiger charge is -2.43. The first-order chi connectivity index (χ1) is 16.4. The number of aliphatic hydroxyl groups excluding tert-OH is 2. The smallest absolute Gasteiger partial charge is 0.232 e. The van der Waals surface area contributed by atoms with Gasteiger partial charge in [-0.2, -0.15) is 9.65 Å². The van der Waals surface area contributed by atoms with E-state index in [0.29, 0.717) is 9.92 Å². The summed E-state index contributed by atoms with van der Waals surface area (Å²) in [5.74, 6) is -0.852. The molecular weight excluding hydrogens is 510 g/mol. The molecule has 0 spiro atoms. The fourth-order valence-electron chi connectivity index (χ4n) is 3.53. The molecule has 10 nitrogen and oxygen atoms in total. The number of aliphatic hydroxyl groups is 2. The zero-order valence-corrected chi connectivity index (χ0v) is 19.7. The zero-order chi connectivity index (χ0) is 24.4. The van der Waals surface area contributed by atoms with Crippen LogP contribution < -0.4 is 0 Å². The number of halogens is 3. The zero-order valence-electron chi connectivity index (χ0n) is 17.4. The van der Waals surface area contributed by atoms with Gasteiger partial charge < -0.3 is 19.7 Å². The van der Waals surface area contributed by atoms with Crippen LogP contribution >= 0.6 is 35.0 Å². The van der Waals surface area contributed by atoms with Crippen molar-refractivity contribution in [2.75, 3.05) is 13.7 Å². The highest BCUT2D eigenvalue weighted by Gasteiger charge is 2.47. The second-order valence-corrected chi connectivity index (χ2v) is 9.17. The standard InChI is InChI=1S/C20H17Cl2FN6O4S/c1-32-18-16(29-7-13(27-28-29)11-3-2-10(22)19(23)26-11)17(31)14(8-30)33-20(18)34-15-4-9(21)6-25-12(15)5-24/h2-4,6-7,14,16-18,20,30-31H,8H2,1H3/t14?,16?,17-,18?,20+/m0/s1. The molecule has 3 unspecified atom stereocenters. The number of pyridine rings is 2. The van der Waals surface area contributed by atoms with Gasteiger partial charge in [0.05, 0.1) is 28.5 Å². The van der Waals surface area contributed by atoms with E-state index in [4.69, 9.17) is 32.7 Å². The third kappa shape index (κ3) is 4.87. The summed E-state index contributed by atoms with van der Waals surface area (Å²) < 4.78 is 26.7. The Bertz CT molecular complexity index is 1230. The van der Waals surface area contributed by atoms with Crippen LogP contribution in [0.2, 0.25) is 10.0 Å². The van der Waals surface area contributed by atoms with Crippen LogP contribution in [0.1, 0.15) is 11.7 Å². The predicted molar refractivity (Wildman–Crippen MR) is 120 cm³/mol. The van der Waals surface area contributed by atoms with Crippen LogP contribution in [0.15, 0.2) is 35.5 Å². The number of rotatable bonds is 6. The maximum Gasteiger partial charge on any atom is 0.232 e. The third-order valence-corrected chi connectivity index (χ3v) is 6.81. The molecule has 0 amide bonds. The van der Waals surface area contributed by atoms with Gasteiger partial charge in [0, 0.05) is 18.2 Å². The number of hydrogen-bond donors (Lipinski definition) is 2. The van der Waals surface area contributed by atoms with Crippen LogP contribution in [-0.2, 0) is 9.47 Å². The summed E-state index contributed by atoms with van der Waals surface area (Å²) in [6.45, 7) is -0.491. The van der Waals surface area contributed by atoms with Crippen LogP contribution in [0.5, 0.6) is 0 Å². The lowest BCUT2D eigenvalue weighted by Crippen LogP contribution is -2.55. The van der Waals surface area contributed by atoms with Crippen molar-refractivity contribution < 1.29 is 24.1 Å². The molecule has 1 aliphatic rings. The SMILES string of the molecule is COC1C(n2cc(-c3ccc(Cl)c(F)n3)nn2)[C@@H](O)C(CO)O[C@@H]1Sc1cc(Cl)cnc1C#N. The molecule has 0 bridgehead atoms. The lowest BCUT2D eigenvalue weighted by molar-refractivity contribution is -0.186. The van der Waals surface area contributed by atoms with Crippen molar-refractivity contribution in [1.82, 2.24) is 25.0 Å². The van der Waals surface area contributed by atoms with Gasteiger partial charge in [-0.3, -0.25) is 0 Å². The molecule has 3 aromatic heterocycles. The van der Waals surface area contributed by atoms with E-state index in [0.717, 1.165) is 11.8 Å². The summed E-state index contributed by atoms with van der Waals surface area (Å²) in [5, 5.41) is 38.4. The second kappa shape index (κ2) is 10.5. The van der Waals surface area contributed by atoms with E-state index in [1.165, 1.54) is 36.3 Å². The number of hydrogen-bond acceptors (Lipinski definition) is 10. The molecule has 1 fully saturated rings. The van der Waals surface area contributed by atoms with E-state index in [1.54, 1.807) is 6.07 Å². The van der Waals surface area contributed by atoms with E-state index in [2.05, 4.69) is 20.3 Å². The van der Waals surface area contributed by atoms with Gasteiger partial charge in [0.1, 0.15) is 41.6 Å². The molecule has 34 heavy (non-hydrogen) atoms. The molecule has 0 aliphatic carbocycles. The Kier molecular flexibility index (Phi) is 7.63. The Morgan fingerprint density at radius 1 is 1.35 bits per heavy atom. The first-order valence-electron chi connectivity index (χ1n) is 9.80. The van der Waals surface area contributed by atoms with Crippen molar-refractivity contribution in [3.8, 4) is 17.5 Å². The number of ether oxygens (including phenoxy) is 2. The van der Waals surface area contributed by atoms with Gasteiger partial charge >= 0.3 is 0 Å². The maximum absolute atomic E-state index is 13.8. The maximum atomic E-state index is 13.8. The lowest BCUT2D eigenvalue weighted by atomic mass is 9.97. The van der Waals surface area contributed by atoms with Gasteiger partial charge in [0.25, 0.3) is 0 Å². The summed E-state index contributed by atoms with van der Waals surface area (Å²) in [7, 11) is 1.43. The Labute approximate surface area is 207 Å². The molecule has 3 aromatic rings. The van der Waals surface area contributed by atoms with E-state index in [1.807, 2.05) is 6.07 Å². The van der Waals surface area contributed by atoms with E-state index >= 15 is 0 Å². The van der Waals surface area contributed by atoms with Crippen LogP contribution in [0.4, 0.5) is 4.39 Å². The number of nitriles is 1. The normalized spacial score (nSPS) is 24.7. The molecule has 1 aliphatic heterocycles. The number of nitrogens with zero attached hydrogens (tertiary/aromatic N) is 6. The van der Waals surface area contributed by atoms with Gasteiger partial charge in [0.15, 0.2) is 5.69 Å². The largest absolute Gasteiger partial charge is 0.394 e. The van der Waals surface area contributed by atoms with Crippen LogP contribution in [0.25, 0.3) is 11.4 Å². The Hall–Kier alpha value is -2.37. The summed E-state index contributed by atoms with van der Waals surface area (Å²) in [6, 6.07) is 5.53. The fourth-order valence-corrected chi connectivity index (χ4v) is 5.12. The minimum atomic E-state index is -1.23. The molecule has 1 saturated heterocycles. The van der Waals surface area contributed by atoms with Crippen molar-refractivity contribution in [2.24, 2.45) is 0 Å². The van der Waals surface area contributed by atoms with Crippen LogP contribution in [0, 0.1) is 17.3 Å². The molecule has 5 atom stereocenters. The molecule has 14 heteroatoms. The molecular formula is C20H17Cl2FN6O4S. The minimum absolute atomic E-state index is 0.131. The fraction of sp³-hybridized carbons (Fsp3) is 0.350. The first-order valence-corrected chi connectivity index (χ1v) is 11.4. The third-order valence-electron chi connectivity index (χ3n) is 5.15. The number of thioether (sulfide) groups is 1. The van der Waals surface area contributed by atoms with Gasteiger partial charge in [-0.25, -0.2) is 14.6 Å². The summed E-state index contributed by atoms with van der Waals surface area (Å²) in [5.41, 5.74) is -0.228. The number of aromatic nitrogens is 5. The van der Waals surface area contributed by atoms with E-state index in [9.17, 15) is 19.9 Å². The average molecular weight is 527 g/mol. The Morgan fingerprint density at radius 3 is 2.82 bits per heavy atom.